The van der Waals surface area contributed by atoms with Crippen molar-refractivity contribution in [2.24, 2.45) is 0 Å². The zero-order valence-electron chi connectivity index (χ0n) is 19.8. The predicted molar refractivity (Wildman–Crippen MR) is 126 cm³/mol. The molecular formula is C28H34F2N2O2. The lowest BCUT2D eigenvalue weighted by Gasteiger charge is -2.40. The third-order valence-electron chi connectivity index (χ3n) is 8.65. The van der Waals surface area contributed by atoms with E-state index in [2.05, 4.69) is 9.80 Å². The van der Waals surface area contributed by atoms with Crippen LogP contribution in [-0.2, 0) is 33.9 Å². The Labute approximate surface area is 200 Å². The van der Waals surface area contributed by atoms with Gasteiger partial charge in [0.1, 0.15) is 11.6 Å². The highest BCUT2D eigenvalue weighted by atomic mass is 19.1. The molecule has 4 nitrogen and oxygen atoms in total. The van der Waals surface area contributed by atoms with E-state index in [-0.39, 0.29) is 11.6 Å². The number of halogens is 2. The SMILES string of the molecule is Fc1cccc2c1C1(CCN(CCCCN3CCC4(CC3)OCc3cccc(F)c34)CC1)OC2. The number of hydrogen-bond donors (Lipinski definition) is 0. The van der Waals surface area contributed by atoms with Crippen molar-refractivity contribution in [3.8, 4) is 0 Å². The molecule has 0 aliphatic carbocycles. The summed E-state index contributed by atoms with van der Waals surface area (Å²) in [6.07, 6.45) is 5.80. The highest BCUT2D eigenvalue weighted by Gasteiger charge is 2.45. The molecule has 0 bridgehead atoms. The summed E-state index contributed by atoms with van der Waals surface area (Å²) < 4.78 is 41.3. The van der Waals surface area contributed by atoms with Crippen molar-refractivity contribution < 1.29 is 18.3 Å². The molecule has 182 valence electrons. The quantitative estimate of drug-likeness (QED) is 0.571. The predicted octanol–water partition coefficient (Wildman–Crippen LogP) is 5.09. The van der Waals surface area contributed by atoms with E-state index in [1.165, 1.54) is 0 Å². The van der Waals surface area contributed by atoms with Crippen LogP contribution in [-0.4, -0.2) is 49.1 Å². The lowest BCUT2D eigenvalue weighted by Crippen LogP contribution is -2.44. The van der Waals surface area contributed by atoms with Crippen molar-refractivity contribution in [3.05, 3.63) is 70.3 Å². The average Bonchev–Trinajstić information content (AvgIpc) is 3.40. The van der Waals surface area contributed by atoms with Gasteiger partial charge in [0.15, 0.2) is 0 Å². The summed E-state index contributed by atoms with van der Waals surface area (Å²) >= 11 is 0. The molecule has 0 saturated carbocycles. The smallest absolute Gasteiger partial charge is 0.129 e. The van der Waals surface area contributed by atoms with Crippen LogP contribution in [0.1, 0.15) is 60.8 Å². The molecule has 0 aromatic heterocycles. The van der Waals surface area contributed by atoms with Crippen molar-refractivity contribution in [1.82, 2.24) is 9.80 Å². The summed E-state index contributed by atoms with van der Waals surface area (Å²) in [6.45, 7) is 7.08. The maximum Gasteiger partial charge on any atom is 0.129 e. The largest absolute Gasteiger partial charge is 0.365 e. The monoisotopic (exact) mass is 468 g/mol. The minimum Gasteiger partial charge on any atom is -0.365 e. The molecule has 34 heavy (non-hydrogen) atoms. The molecule has 0 amide bonds. The number of hydrogen-bond acceptors (Lipinski definition) is 4. The highest BCUT2D eigenvalue weighted by molar-refractivity contribution is 5.38. The Bertz CT molecular complexity index is 959. The van der Waals surface area contributed by atoms with E-state index in [1.807, 2.05) is 12.1 Å². The normalized spacial score (nSPS) is 23.5. The van der Waals surface area contributed by atoms with Gasteiger partial charge in [-0.05, 0) is 74.9 Å². The number of piperidine rings is 2. The van der Waals surface area contributed by atoms with Crippen LogP contribution in [0.5, 0.6) is 0 Å². The van der Waals surface area contributed by atoms with Gasteiger partial charge in [-0.25, -0.2) is 8.78 Å². The molecule has 0 radical (unpaired) electrons. The zero-order chi connectivity index (χ0) is 23.2. The maximum atomic E-state index is 14.5. The van der Waals surface area contributed by atoms with Crippen molar-refractivity contribution in [2.45, 2.75) is 62.9 Å². The summed E-state index contributed by atoms with van der Waals surface area (Å²) in [7, 11) is 0. The van der Waals surface area contributed by atoms with E-state index in [9.17, 15) is 8.78 Å². The lowest BCUT2D eigenvalue weighted by molar-refractivity contribution is -0.0820. The number of rotatable bonds is 5. The fourth-order valence-corrected chi connectivity index (χ4v) is 6.71. The van der Waals surface area contributed by atoms with E-state index in [4.69, 9.17) is 9.47 Å². The Kier molecular flexibility index (Phi) is 5.96. The van der Waals surface area contributed by atoms with E-state index < -0.39 is 11.2 Å². The molecule has 2 saturated heterocycles. The standard InChI is InChI=1S/C28H34F2N2O2/c29-23-7-3-5-21-19-33-27(25(21)23)9-15-31(16-10-27)13-1-2-14-32-17-11-28(12-18-32)26-22(20-34-28)6-4-8-24(26)30/h3-8H,1-2,9-20H2. The Morgan fingerprint density at radius 1 is 0.647 bits per heavy atom. The number of nitrogens with zero attached hydrogens (tertiary/aromatic N) is 2. The van der Waals surface area contributed by atoms with Gasteiger partial charge in [0.05, 0.1) is 24.4 Å². The molecule has 4 aliphatic rings. The summed E-state index contributed by atoms with van der Waals surface area (Å²) in [5.74, 6) is -0.220. The van der Waals surface area contributed by atoms with E-state index in [0.717, 1.165) is 100 Å². The van der Waals surface area contributed by atoms with E-state index in [0.29, 0.717) is 13.2 Å². The summed E-state index contributed by atoms with van der Waals surface area (Å²) in [5.41, 5.74) is 2.83. The van der Waals surface area contributed by atoms with Crippen LogP contribution in [0.25, 0.3) is 0 Å². The molecule has 2 aromatic rings. The van der Waals surface area contributed by atoms with Crippen LogP contribution in [0, 0.1) is 11.6 Å². The summed E-state index contributed by atoms with van der Waals surface area (Å²) in [5, 5.41) is 0. The first-order valence-corrected chi connectivity index (χ1v) is 12.9. The first-order valence-electron chi connectivity index (χ1n) is 12.9. The molecule has 6 rings (SSSR count). The lowest BCUT2D eigenvalue weighted by atomic mass is 9.83. The Morgan fingerprint density at radius 2 is 1.06 bits per heavy atom. The fourth-order valence-electron chi connectivity index (χ4n) is 6.71. The van der Waals surface area contributed by atoms with Crippen LogP contribution in [0.4, 0.5) is 8.78 Å². The van der Waals surface area contributed by atoms with Crippen molar-refractivity contribution in [2.75, 3.05) is 39.3 Å². The molecule has 4 aliphatic heterocycles. The van der Waals surface area contributed by atoms with Crippen LogP contribution >= 0.6 is 0 Å². The van der Waals surface area contributed by atoms with Gasteiger partial charge in [0, 0.05) is 37.3 Å². The van der Waals surface area contributed by atoms with E-state index in [1.54, 1.807) is 24.3 Å². The van der Waals surface area contributed by atoms with Crippen molar-refractivity contribution in [1.29, 1.82) is 0 Å². The molecule has 2 aromatic carbocycles. The van der Waals surface area contributed by atoms with Crippen molar-refractivity contribution in [3.63, 3.8) is 0 Å². The third-order valence-corrected chi connectivity index (χ3v) is 8.65. The number of ether oxygens (including phenoxy) is 2. The van der Waals surface area contributed by atoms with Gasteiger partial charge in [0.25, 0.3) is 0 Å². The molecule has 2 spiro atoms. The first-order chi connectivity index (χ1) is 16.6. The second kappa shape index (κ2) is 8.98. The molecule has 6 heteroatoms. The minimum atomic E-state index is -0.415. The maximum absolute atomic E-state index is 14.5. The first kappa shape index (κ1) is 22.6. The van der Waals surface area contributed by atoms with Crippen molar-refractivity contribution >= 4 is 0 Å². The van der Waals surface area contributed by atoms with Gasteiger partial charge >= 0.3 is 0 Å². The summed E-state index contributed by atoms with van der Waals surface area (Å²) in [4.78, 5) is 5.01. The van der Waals surface area contributed by atoms with Gasteiger partial charge in [-0.2, -0.15) is 0 Å². The van der Waals surface area contributed by atoms with Gasteiger partial charge in [-0.15, -0.1) is 0 Å². The molecule has 0 atom stereocenters. The second-order valence-electron chi connectivity index (χ2n) is 10.5. The minimum absolute atomic E-state index is 0.110. The molecule has 2 fully saturated rings. The van der Waals surface area contributed by atoms with Crippen LogP contribution in [0.15, 0.2) is 36.4 Å². The molecular weight excluding hydrogens is 434 g/mol. The third kappa shape index (κ3) is 3.89. The van der Waals surface area contributed by atoms with Crippen LogP contribution in [0.2, 0.25) is 0 Å². The molecule has 0 unspecified atom stereocenters. The number of unbranched alkanes of at least 4 members (excludes halogenated alkanes) is 1. The molecule has 4 heterocycles. The topological polar surface area (TPSA) is 24.9 Å². The Balaban J connectivity index is 0.943. The van der Waals surface area contributed by atoms with Gasteiger partial charge in [-0.1, -0.05) is 24.3 Å². The van der Waals surface area contributed by atoms with Crippen LogP contribution in [0.3, 0.4) is 0 Å². The Morgan fingerprint density at radius 3 is 1.47 bits per heavy atom. The van der Waals surface area contributed by atoms with Gasteiger partial charge in [0.2, 0.25) is 0 Å². The average molecular weight is 469 g/mol. The van der Waals surface area contributed by atoms with Gasteiger partial charge < -0.3 is 19.3 Å². The van der Waals surface area contributed by atoms with E-state index >= 15 is 0 Å². The van der Waals surface area contributed by atoms with Crippen LogP contribution < -0.4 is 0 Å². The number of benzene rings is 2. The molecule has 0 N–H and O–H groups in total. The number of likely N-dealkylation sites (tertiary alicyclic amines) is 2. The summed E-state index contributed by atoms with van der Waals surface area (Å²) in [6, 6.07) is 10.7. The Hall–Kier alpha value is -1.86. The number of fused-ring (bicyclic) bond motifs is 4. The highest BCUT2D eigenvalue weighted by Crippen LogP contribution is 2.46. The van der Waals surface area contributed by atoms with Gasteiger partial charge in [-0.3, -0.25) is 0 Å². The zero-order valence-corrected chi connectivity index (χ0v) is 19.8. The fraction of sp³-hybridized carbons (Fsp3) is 0.571. The second-order valence-corrected chi connectivity index (χ2v) is 10.5.